The van der Waals surface area contributed by atoms with E-state index in [0.29, 0.717) is 12.1 Å². The van der Waals surface area contributed by atoms with E-state index in [1.54, 1.807) is 30.3 Å². The molecule has 1 atom stereocenters. The average molecular weight is 276 g/mol. The Hall–Kier alpha value is -1.94. The van der Waals surface area contributed by atoms with Crippen molar-refractivity contribution in [2.45, 2.75) is 13.0 Å². The Bertz CT molecular complexity index is 555. The van der Waals surface area contributed by atoms with Crippen molar-refractivity contribution in [3.8, 4) is 0 Å². The Morgan fingerprint density at radius 2 is 1.70 bits per heavy atom. The van der Waals surface area contributed by atoms with E-state index in [1.165, 1.54) is 18.2 Å². The minimum Gasteiger partial charge on any atom is -0.363 e. The highest BCUT2D eigenvalue weighted by Crippen LogP contribution is 2.28. The molecule has 0 radical (unpaired) electrons. The third-order valence-electron chi connectivity index (χ3n) is 3.36. The van der Waals surface area contributed by atoms with Crippen molar-refractivity contribution in [3.05, 3.63) is 65.7 Å². The molecule has 0 fully saturated rings. The highest BCUT2D eigenvalue weighted by molar-refractivity contribution is 5.49. The fraction of sp³-hybridized carbons (Fsp3) is 0.250. The van der Waals surface area contributed by atoms with Crippen LogP contribution in [0.25, 0.3) is 0 Å². The van der Waals surface area contributed by atoms with Crippen molar-refractivity contribution in [1.82, 2.24) is 0 Å². The number of likely N-dealkylation sites (N-methyl/N-ethyl adjacent to an activating group) is 1. The monoisotopic (exact) mass is 276 g/mol. The summed E-state index contributed by atoms with van der Waals surface area (Å²) >= 11 is 0. The summed E-state index contributed by atoms with van der Waals surface area (Å²) < 4.78 is 27.0. The zero-order valence-corrected chi connectivity index (χ0v) is 11.4. The van der Waals surface area contributed by atoms with Gasteiger partial charge in [0.25, 0.3) is 0 Å². The molecule has 2 nitrogen and oxygen atoms in total. The van der Waals surface area contributed by atoms with Crippen molar-refractivity contribution >= 4 is 5.69 Å². The summed E-state index contributed by atoms with van der Waals surface area (Å²) in [4.78, 5) is 1.97. The standard InChI is InChI=1S/C16H18F2N2/c1-2-20(13-9-7-12(17)8-10-13)16(11-19)14-5-3-4-6-15(14)18/h3-10,16H,2,11,19H2,1H3. The smallest absolute Gasteiger partial charge is 0.128 e. The Kier molecular flexibility index (Phi) is 4.69. The Labute approximate surface area is 117 Å². The van der Waals surface area contributed by atoms with Crippen LogP contribution < -0.4 is 10.6 Å². The van der Waals surface area contributed by atoms with Gasteiger partial charge in [-0.05, 0) is 37.3 Å². The van der Waals surface area contributed by atoms with Crippen LogP contribution in [0, 0.1) is 11.6 Å². The number of anilines is 1. The van der Waals surface area contributed by atoms with Crippen LogP contribution in [-0.2, 0) is 0 Å². The minimum absolute atomic E-state index is 0.272. The zero-order chi connectivity index (χ0) is 14.5. The molecule has 1 unspecified atom stereocenters. The molecule has 2 aromatic rings. The highest BCUT2D eigenvalue weighted by Gasteiger charge is 2.21. The first-order valence-electron chi connectivity index (χ1n) is 6.64. The maximum atomic E-state index is 14.0. The largest absolute Gasteiger partial charge is 0.363 e. The van der Waals surface area contributed by atoms with Crippen LogP contribution in [0.15, 0.2) is 48.5 Å². The first kappa shape index (κ1) is 14.5. The molecule has 2 N–H and O–H groups in total. The highest BCUT2D eigenvalue weighted by atomic mass is 19.1. The SMILES string of the molecule is CCN(c1ccc(F)cc1)C(CN)c1ccccc1F. The number of nitrogens with two attached hydrogens (primary N) is 1. The fourth-order valence-electron chi connectivity index (χ4n) is 2.38. The molecule has 0 aliphatic rings. The molecule has 20 heavy (non-hydrogen) atoms. The van der Waals surface area contributed by atoms with Gasteiger partial charge in [0.15, 0.2) is 0 Å². The van der Waals surface area contributed by atoms with Crippen LogP contribution in [0.3, 0.4) is 0 Å². The van der Waals surface area contributed by atoms with Crippen LogP contribution in [0.5, 0.6) is 0 Å². The first-order valence-corrected chi connectivity index (χ1v) is 6.64. The Balaban J connectivity index is 2.38. The number of hydrogen-bond donors (Lipinski definition) is 1. The van der Waals surface area contributed by atoms with E-state index < -0.39 is 0 Å². The van der Waals surface area contributed by atoms with Gasteiger partial charge >= 0.3 is 0 Å². The molecule has 0 spiro atoms. The molecule has 0 aliphatic heterocycles. The lowest BCUT2D eigenvalue weighted by atomic mass is 10.0. The maximum Gasteiger partial charge on any atom is 0.128 e. The van der Waals surface area contributed by atoms with E-state index in [2.05, 4.69) is 0 Å². The average Bonchev–Trinajstić information content (AvgIpc) is 2.47. The summed E-state index contributed by atoms with van der Waals surface area (Å²) in [5.74, 6) is -0.566. The van der Waals surface area contributed by atoms with Crippen molar-refractivity contribution in [1.29, 1.82) is 0 Å². The van der Waals surface area contributed by atoms with Gasteiger partial charge in [-0.2, -0.15) is 0 Å². The van der Waals surface area contributed by atoms with E-state index in [0.717, 1.165) is 5.69 Å². The topological polar surface area (TPSA) is 29.3 Å². The minimum atomic E-state index is -0.292. The van der Waals surface area contributed by atoms with Gasteiger partial charge < -0.3 is 10.6 Å². The molecule has 0 saturated heterocycles. The van der Waals surface area contributed by atoms with Crippen LogP contribution in [0.2, 0.25) is 0 Å². The summed E-state index contributed by atoms with van der Waals surface area (Å²) in [5.41, 5.74) is 7.22. The predicted octanol–water partition coefficient (Wildman–Crippen LogP) is 3.49. The Morgan fingerprint density at radius 1 is 1.05 bits per heavy atom. The second-order valence-corrected chi connectivity index (χ2v) is 4.54. The quantitative estimate of drug-likeness (QED) is 0.905. The molecule has 0 aromatic heterocycles. The molecule has 0 amide bonds. The molecule has 4 heteroatoms. The summed E-state index contributed by atoms with van der Waals surface area (Å²) in [5, 5.41) is 0. The van der Waals surface area contributed by atoms with Crippen LogP contribution in [0.1, 0.15) is 18.5 Å². The van der Waals surface area contributed by atoms with Crippen LogP contribution in [0.4, 0.5) is 14.5 Å². The lowest BCUT2D eigenvalue weighted by Crippen LogP contribution is -2.34. The number of nitrogens with zero attached hydrogens (tertiary/aromatic N) is 1. The van der Waals surface area contributed by atoms with Crippen molar-refractivity contribution < 1.29 is 8.78 Å². The molecule has 106 valence electrons. The molecule has 0 aliphatic carbocycles. The second-order valence-electron chi connectivity index (χ2n) is 4.54. The molecule has 0 bridgehead atoms. The molecular weight excluding hydrogens is 258 g/mol. The fourth-order valence-corrected chi connectivity index (χ4v) is 2.38. The number of rotatable bonds is 5. The normalized spacial score (nSPS) is 12.2. The summed E-state index contributed by atoms with van der Waals surface area (Å²) in [6.45, 7) is 2.90. The van der Waals surface area contributed by atoms with Crippen molar-refractivity contribution in [2.75, 3.05) is 18.0 Å². The molecular formula is C16H18F2N2. The zero-order valence-electron chi connectivity index (χ0n) is 11.4. The van der Waals surface area contributed by atoms with Crippen LogP contribution >= 0.6 is 0 Å². The van der Waals surface area contributed by atoms with Crippen LogP contribution in [-0.4, -0.2) is 13.1 Å². The Morgan fingerprint density at radius 3 is 2.25 bits per heavy atom. The van der Waals surface area contributed by atoms with Gasteiger partial charge in [0, 0.05) is 24.3 Å². The van der Waals surface area contributed by atoms with Gasteiger partial charge in [-0.25, -0.2) is 8.78 Å². The lowest BCUT2D eigenvalue weighted by molar-refractivity contribution is 0.561. The molecule has 0 heterocycles. The summed E-state index contributed by atoms with van der Waals surface area (Å²) in [7, 11) is 0. The molecule has 2 rings (SSSR count). The summed E-state index contributed by atoms with van der Waals surface area (Å²) in [6, 6.07) is 12.5. The number of benzene rings is 2. The number of hydrogen-bond acceptors (Lipinski definition) is 2. The molecule has 2 aromatic carbocycles. The van der Waals surface area contributed by atoms with E-state index in [9.17, 15) is 8.78 Å². The second kappa shape index (κ2) is 6.48. The third kappa shape index (κ3) is 2.96. The first-order chi connectivity index (χ1) is 9.67. The third-order valence-corrected chi connectivity index (χ3v) is 3.36. The maximum absolute atomic E-state index is 14.0. The van der Waals surface area contributed by atoms with Gasteiger partial charge in [0.2, 0.25) is 0 Å². The van der Waals surface area contributed by atoms with Gasteiger partial charge in [-0.1, -0.05) is 18.2 Å². The van der Waals surface area contributed by atoms with Gasteiger partial charge in [0.05, 0.1) is 6.04 Å². The van der Waals surface area contributed by atoms with E-state index >= 15 is 0 Å². The lowest BCUT2D eigenvalue weighted by Gasteiger charge is -2.32. The van der Waals surface area contributed by atoms with E-state index in [1.807, 2.05) is 11.8 Å². The van der Waals surface area contributed by atoms with E-state index in [4.69, 9.17) is 5.73 Å². The van der Waals surface area contributed by atoms with Crippen molar-refractivity contribution in [2.24, 2.45) is 5.73 Å². The van der Waals surface area contributed by atoms with Gasteiger partial charge in [-0.3, -0.25) is 0 Å². The van der Waals surface area contributed by atoms with Gasteiger partial charge in [-0.15, -0.1) is 0 Å². The number of halogens is 2. The van der Waals surface area contributed by atoms with Gasteiger partial charge in [0.1, 0.15) is 11.6 Å². The predicted molar refractivity (Wildman–Crippen MR) is 77.6 cm³/mol. The molecule has 0 saturated carbocycles. The van der Waals surface area contributed by atoms with Crippen molar-refractivity contribution in [3.63, 3.8) is 0 Å². The summed E-state index contributed by atoms with van der Waals surface area (Å²) in [6.07, 6.45) is 0. The van der Waals surface area contributed by atoms with E-state index in [-0.39, 0.29) is 24.2 Å².